The Kier molecular flexibility index (Phi) is 6.19. The summed E-state index contributed by atoms with van der Waals surface area (Å²) in [6.07, 6.45) is 11.0. The van der Waals surface area contributed by atoms with Crippen molar-refractivity contribution < 1.29 is 14.3 Å². The Hall–Kier alpha value is -0.830. The highest BCUT2D eigenvalue weighted by atomic mass is 35.5. The SMILES string of the molecule is CC(=O)O[C@H]1CC[C@]2(C)[C@H]3CC[C@@H]4C5=C(C(C)C)CC[C@]5(C(=O)Cl)CC[C@@]4(C)[C@]3(C)CC[C@H]2C1(C)C. The standard InChI is InChI=1S/C32H49ClO3/c1-19(2)21-11-16-32(27(33)35)18-17-30(7)22(26(21)32)9-10-24-29(6)14-13-25(36-20(3)34)28(4,5)23(29)12-15-31(24,30)8/h19,22-25H,9-18H2,1-8H3/t22-,23+,24-,25+,29+,30-,31-,32+/m1/s1. The lowest BCUT2D eigenvalue weighted by atomic mass is 9.33. The molecule has 0 aliphatic heterocycles. The molecule has 0 N–H and O–H groups in total. The van der Waals surface area contributed by atoms with Gasteiger partial charge in [-0.15, -0.1) is 0 Å². The van der Waals surface area contributed by atoms with Crippen molar-refractivity contribution >= 4 is 22.8 Å². The number of halogens is 1. The fraction of sp³-hybridized carbons (Fsp3) is 0.875. The zero-order valence-corrected chi connectivity index (χ0v) is 24.8. The summed E-state index contributed by atoms with van der Waals surface area (Å²) in [5, 5.41) is -0.0938. The Morgan fingerprint density at radius 1 is 0.861 bits per heavy atom. The second-order valence-electron chi connectivity index (χ2n) is 15.0. The van der Waals surface area contributed by atoms with E-state index in [1.807, 2.05) is 0 Å². The molecule has 0 heterocycles. The maximum atomic E-state index is 13.0. The predicted molar refractivity (Wildman–Crippen MR) is 145 cm³/mol. The van der Waals surface area contributed by atoms with Crippen LogP contribution in [-0.2, 0) is 14.3 Å². The quantitative estimate of drug-likeness (QED) is 0.214. The first-order chi connectivity index (χ1) is 16.6. The number of rotatable bonds is 3. The number of hydrogen-bond acceptors (Lipinski definition) is 3. The lowest BCUT2D eigenvalue weighted by Crippen LogP contribution is -2.66. The first kappa shape index (κ1) is 26.8. The Balaban J connectivity index is 1.55. The summed E-state index contributed by atoms with van der Waals surface area (Å²) < 4.78 is 5.89. The molecular formula is C32H49ClO3. The van der Waals surface area contributed by atoms with E-state index in [0.717, 1.165) is 38.5 Å². The van der Waals surface area contributed by atoms with Crippen molar-refractivity contribution in [3.63, 3.8) is 0 Å². The third-order valence-electron chi connectivity index (χ3n) is 13.3. The summed E-state index contributed by atoms with van der Waals surface area (Å²) in [6, 6.07) is 0. The summed E-state index contributed by atoms with van der Waals surface area (Å²) in [5.74, 6) is 2.03. The van der Waals surface area contributed by atoms with Crippen LogP contribution < -0.4 is 0 Å². The molecule has 4 heteroatoms. The third-order valence-corrected chi connectivity index (χ3v) is 13.6. The van der Waals surface area contributed by atoms with E-state index in [2.05, 4.69) is 48.5 Å². The third kappa shape index (κ3) is 3.29. The van der Waals surface area contributed by atoms with Crippen LogP contribution in [0.4, 0.5) is 0 Å². The number of esters is 1. The van der Waals surface area contributed by atoms with Gasteiger partial charge in [-0.2, -0.15) is 0 Å². The molecule has 5 aliphatic carbocycles. The van der Waals surface area contributed by atoms with Gasteiger partial charge in [0.1, 0.15) is 6.10 Å². The molecule has 0 aromatic heterocycles. The monoisotopic (exact) mass is 516 g/mol. The van der Waals surface area contributed by atoms with Crippen molar-refractivity contribution in [2.45, 2.75) is 126 Å². The minimum atomic E-state index is -0.403. The number of fused-ring (bicyclic) bond motifs is 7. The van der Waals surface area contributed by atoms with Crippen LogP contribution in [0, 0.1) is 50.7 Å². The number of carbonyl (C=O) groups excluding carboxylic acids is 2. The number of hydrogen-bond donors (Lipinski definition) is 0. The molecule has 0 unspecified atom stereocenters. The van der Waals surface area contributed by atoms with E-state index in [1.165, 1.54) is 31.3 Å². The first-order valence-electron chi connectivity index (χ1n) is 14.8. The van der Waals surface area contributed by atoms with E-state index >= 15 is 0 Å². The van der Waals surface area contributed by atoms with E-state index in [-0.39, 0.29) is 39.0 Å². The molecule has 4 saturated carbocycles. The lowest BCUT2D eigenvalue weighted by molar-refractivity contribution is -0.232. The van der Waals surface area contributed by atoms with E-state index in [1.54, 1.807) is 12.5 Å². The fourth-order valence-corrected chi connectivity index (χ4v) is 11.7. The second-order valence-corrected chi connectivity index (χ2v) is 15.4. The average molecular weight is 517 g/mol. The molecule has 202 valence electrons. The van der Waals surface area contributed by atoms with Crippen LogP contribution in [0.25, 0.3) is 0 Å². The molecule has 3 nitrogen and oxygen atoms in total. The van der Waals surface area contributed by atoms with Crippen molar-refractivity contribution in [2.24, 2.45) is 50.7 Å². The highest BCUT2D eigenvalue weighted by molar-refractivity contribution is 6.65. The Morgan fingerprint density at radius 2 is 1.56 bits per heavy atom. The summed E-state index contributed by atoms with van der Waals surface area (Å²) in [4.78, 5) is 24.9. The largest absolute Gasteiger partial charge is 0.462 e. The number of ether oxygens (including phenoxy) is 1. The van der Waals surface area contributed by atoms with Gasteiger partial charge in [0.05, 0.1) is 5.41 Å². The summed E-state index contributed by atoms with van der Waals surface area (Å²) in [6.45, 7) is 18.7. The van der Waals surface area contributed by atoms with Gasteiger partial charge in [-0.05, 0) is 116 Å². The smallest absolute Gasteiger partial charge is 0.302 e. The topological polar surface area (TPSA) is 43.4 Å². The molecule has 0 amide bonds. The van der Waals surface area contributed by atoms with E-state index < -0.39 is 5.41 Å². The van der Waals surface area contributed by atoms with Crippen LogP contribution in [0.15, 0.2) is 11.1 Å². The molecule has 4 fully saturated rings. The van der Waals surface area contributed by atoms with Crippen molar-refractivity contribution in [1.82, 2.24) is 0 Å². The maximum Gasteiger partial charge on any atom is 0.302 e. The maximum absolute atomic E-state index is 13.0. The van der Waals surface area contributed by atoms with Crippen LogP contribution in [0.2, 0.25) is 0 Å². The summed E-state index contributed by atoms with van der Waals surface area (Å²) in [7, 11) is 0. The van der Waals surface area contributed by atoms with Gasteiger partial charge in [-0.25, -0.2) is 0 Å². The number of allylic oxidation sites excluding steroid dienone is 2. The predicted octanol–water partition coefficient (Wildman–Crippen LogP) is 8.49. The molecule has 5 aliphatic rings. The molecule has 8 atom stereocenters. The highest BCUT2D eigenvalue weighted by Crippen LogP contribution is 2.77. The lowest BCUT2D eigenvalue weighted by Gasteiger charge is -2.72. The molecular weight excluding hydrogens is 468 g/mol. The fourth-order valence-electron chi connectivity index (χ4n) is 11.4. The normalized spacial score (nSPS) is 47.5. The van der Waals surface area contributed by atoms with Crippen LogP contribution in [0.3, 0.4) is 0 Å². The molecule has 5 rings (SSSR count). The van der Waals surface area contributed by atoms with E-state index in [4.69, 9.17) is 16.3 Å². The molecule has 0 bridgehead atoms. The van der Waals surface area contributed by atoms with Gasteiger partial charge in [0.2, 0.25) is 5.24 Å². The van der Waals surface area contributed by atoms with Gasteiger partial charge in [-0.1, -0.05) is 59.6 Å². The number of carbonyl (C=O) groups is 2. The summed E-state index contributed by atoms with van der Waals surface area (Å²) >= 11 is 6.45. The molecule has 0 aromatic carbocycles. The Bertz CT molecular complexity index is 995. The van der Waals surface area contributed by atoms with Crippen LogP contribution in [0.1, 0.15) is 120 Å². The van der Waals surface area contributed by atoms with Crippen molar-refractivity contribution in [1.29, 1.82) is 0 Å². The van der Waals surface area contributed by atoms with Crippen LogP contribution in [0.5, 0.6) is 0 Å². The summed E-state index contributed by atoms with van der Waals surface area (Å²) in [5.41, 5.74) is 3.30. The minimum absolute atomic E-state index is 0.0106. The van der Waals surface area contributed by atoms with Gasteiger partial charge in [0.25, 0.3) is 0 Å². The molecule has 0 saturated heterocycles. The first-order valence-corrected chi connectivity index (χ1v) is 15.1. The van der Waals surface area contributed by atoms with Gasteiger partial charge in [0.15, 0.2) is 0 Å². The second kappa shape index (κ2) is 8.33. The molecule has 0 aromatic rings. The van der Waals surface area contributed by atoms with Crippen molar-refractivity contribution in [2.75, 3.05) is 0 Å². The zero-order chi connectivity index (χ0) is 26.5. The van der Waals surface area contributed by atoms with Crippen molar-refractivity contribution in [3.8, 4) is 0 Å². The highest BCUT2D eigenvalue weighted by Gasteiger charge is 2.70. The van der Waals surface area contributed by atoms with Gasteiger partial charge < -0.3 is 4.74 Å². The molecule has 36 heavy (non-hydrogen) atoms. The minimum Gasteiger partial charge on any atom is -0.462 e. The molecule has 0 radical (unpaired) electrons. The van der Waals surface area contributed by atoms with Crippen LogP contribution >= 0.6 is 11.6 Å². The van der Waals surface area contributed by atoms with Crippen LogP contribution in [-0.4, -0.2) is 17.3 Å². The van der Waals surface area contributed by atoms with Gasteiger partial charge >= 0.3 is 5.97 Å². The average Bonchev–Trinajstić information content (AvgIpc) is 3.17. The Labute approximate surface area is 224 Å². The van der Waals surface area contributed by atoms with Gasteiger partial charge in [-0.3, -0.25) is 9.59 Å². The zero-order valence-electron chi connectivity index (χ0n) is 24.1. The van der Waals surface area contributed by atoms with E-state index in [9.17, 15) is 9.59 Å². The van der Waals surface area contributed by atoms with Gasteiger partial charge in [0, 0.05) is 12.3 Å². The van der Waals surface area contributed by atoms with Crippen molar-refractivity contribution in [3.05, 3.63) is 11.1 Å². The van der Waals surface area contributed by atoms with E-state index in [0.29, 0.717) is 23.7 Å². The Morgan fingerprint density at radius 3 is 2.17 bits per heavy atom. The molecule has 0 spiro atoms.